The lowest BCUT2D eigenvalue weighted by Gasteiger charge is -2.34. The first-order valence-electron chi connectivity index (χ1n) is 7.12. The second kappa shape index (κ2) is 6.62. The van der Waals surface area contributed by atoms with Gasteiger partial charge in [-0.2, -0.15) is 8.42 Å². The Morgan fingerprint density at radius 3 is 2.76 bits per heavy atom. The largest absolute Gasteiger partial charge is 0.497 e. The van der Waals surface area contributed by atoms with E-state index in [1.54, 1.807) is 7.11 Å². The molecule has 2 rings (SSSR count). The number of ether oxygens (including phenoxy) is 1. The lowest BCUT2D eigenvalue weighted by Crippen LogP contribution is -2.28. The zero-order valence-electron chi connectivity index (χ0n) is 12.5. The predicted molar refractivity (Wildman–Crippen MR) is 83.1 cm³/mol. The normalized spacial score (nSPS) is 22.2. The summed E-state index contributed by atoms with van der Waals surface area (Å²) < 4.78 is 32.5. The van der Waals surface area contributed by atoms with Gasteiger partial charge in [0.2, 0.25) is 0 Å². The van der Waals surface area contributed by atoms with Crippen molar-refractivity contribution in [1.29, 1.82) is 0 Å². The Morgan fingerprint density at radius 2 is 2.14 bits per heavy atom. The van der Waals surface area contributed by atoms with Gasteiger partial charge in [-0.15, -0.1) is 0 Å². The zero-order chi connectivity index (χ0) is 15.3. The molecule has 21 heavy (non-hydrogen) atoms. The summed E-state index contributed by atoms with van der Waals surface area (Å²) in [6, 6.07) is 7.97. The molecule has 0 saturated carbocycles. The Balaban J connectivity index is 2.24. The van der Waals surface area contributed by atoms with Gasteiger partial charge in [0.15, 0.2) is 0 Å². The fraction of sp³-hybridized carbons (Fsp3) is 0.500. The minimum Gasteiger partial charge on any atom is -0.497 e. The first-order valence-corrected chi connectivity index (χ1v) is 8.93. The summed E-state index contributed by atoms with van der Waals surface area (Å²) in [6.07, 6.45) is 9.24. The highest BCUT2D eigenvalue weighted by Crippen LogP contribution is 2.39. The maximum atomic E-state index is 11.2. The molecule has 1 aromatic rings. The molecule has 1 aliphatic carbocycles. The van der Waals surface area contributed by atoms with Gasteiger partial charge in [-0.3, -0.25) is 4.18 Å². The number of allylic oxidation sites excluding steroid dienone is 2. The van der Waals surface area contributed by atoms with Gasteiger partial charge in [0.1, 0.15) is 5.75 Å². The fourth-order valence-corrected chi connectivity index (χ4v) is 3.21. The second-order valence-corrected chi connectivity index (χ2v) is 7.10. The Kier molecular flexibility index (Phi) is 5.06. The maximum absolute atomic E-state index is 11.2. The van der Waals surface area contributed by atoms with Gasteiger partial charge in [-0.05, 0) is 43.4 Å². The molecule has 1 aliphatic rings. The molecule has 0 amide bonds. The third-order valence-corrected chi connectivity index (χ3v) is 4.52. The molecule has 0 heterocycles. The van der Waals surface area contributed by atoms with E-state index in [4.69, 9.17) is 8.92 Å². The van der Waals surface area contributed by atoms with Crippen molar-refractivity contribution in [3.8, 4) is 5.75 Å². The maximum Gasteiger partial charge on any atom is 0.264 e. The van der Waals surface area contributed by atoms with Crippen molar-refractivity contribution < 1.29 is 17.3 Å². The molecular formula is C16H22O4S. The molecule has 0 aliphatic heterocycles. The van der Waals surface area contributed by atoms with Crippen LogP contribution >= 0.6 is 0 Å². The molecule has 1 aromatic carbocycles. The van der Waals surface area contributed by atoms with Crippen molar-refractivity contribution in [2.24, 2.45) is 0 Å². The highest BCUT2D eigenvalue weighted by Gasteiger charge is 2.31. The summed E-state index contributed by atoms with van der Waals surface area (Å²) in [7, 11) is -1.75. The van der Waals surface area contributed by atoms with E-state index in [1.807, 2.05) is 18.2 Å². The summed E-state index contributed by atoms with van der Waals surface area (Å²) in [4.78, 5) is 0. The summed E-state index contributed by atoms with van der Waals surface area (Å²) >= 11 is 0. The molecule has 0 radical (unpaired) electrons. The van der Waals surface area contributed by atoms with Gasteiger partial charge in [0.05, 0.1) is 20.0 Å². The molecule has 0 fully saturated rings. The summed E-state index contributed by atoms with van der Waals surface area (Å²) in [5, 5.41) is 0. The minimum atomic E-state index is -3.40. The van der Waals surface area contributed by atoms with Gasteiger partial charge in [-0.25, -0.2) is 0 Å². The van der Waals surface area contributed by atoms with Crippen LogP contribution in [0, 0.1) is 0 Å². The van der Waals surface area contributed by atoms with E-state index in [-0.39, 0.29) is 12.0 Å². The molecular weight excluding hydrogens is 288 g/mol. The van der Waals surface area contributed by atoms with E-state index in [2.05, 4.69) is 18.2 Å². The summed E-state index contributed by atoms with van der Waals surface area (Å²) in [6.45, 7) is 0.195. The molecule has 0 saturated heterocycles. The minimum absolute atomic E-state index is 0.169. The summed E-state index contributed by atoms with van der Waals surface area (Å²) in [5.41, 5.74) is 0.979. The van der Waals surface area contributed by atoms with Crippen LogP contribution in [0.3, 0.4) is 0 Å². The molecule has 4 nitrogen and oxygen atoms in total. The smallest absolute Gasteiger partial charge is 0.264 e. The van der Waals surface area contributed by atoms with Crippen molar-refractivity contribution in [2.45, 2.75) is 31.1 Å². The number of benzene rings is 1. The number of methoxy groups -OCH3 is 1. The fourth-order valence-electron chi connectivity index (χ4n) is 2.83. The lowest BCUT2D eigenvalue weighted by atomic mass is 9.71. The Morgan fingerprint density at radius 1 is 1.33 bits per heavy atom. The van der Waals surface area contributed by atoms with Crippen LogP contribution in [0.25, 0.3) is 0 Å². The topological polar surface area (TPSA) is 52.6 Å². The molecule has 1 atom stereocenters. The molecule has 5 heteroatoms. The monoisotopic (exact) mass is 310 g/mol. The average molecular weight is 310 g/mol. The predicted octanol–water partition coefficient (Wildman–Crippen LogP) is 3.04. The van der Waals surface area contributed by atoms with Crippen LogP contribution in [0.5, 0.6) is 5.75 Å². The van der Waals surface area contributed by atoms with Crippen molar-refractivity contribution >= 4 is 10.1 Å². The van der Waals surface area contributed by atoms with Crippen LogP contribution in [0.2, 0.25) is 0 Å². The quantitative estimate of drug-likeness (QED) is 0.598. The second-order valence-electron chi connectivity index (χ2n) is 5.46. The molecule has 116 valence electrons. The standard InChI is InChI=1S/C16H22O4S/c1-19-15-8-6-7-14(13-15)16(9-4-3-5-10-16)11-12-20-21(2,17)18/h4,6-9,13H,3,5,10-12H2,1-2H3. The number of rotatable bonds is 6. The van der Waals surface area contributed by atoms with E-state index in [1.165, 1.54) is 0 Å². The number of hydrogen-bond acceptors (Lipinski definition) is 4. The van der Waals surface area contributed by atoms with Crippen molar-refractivity contribution in [1.82, 2.24) is 0 Å². The first-order chi connectivity index (χ1) is 9.95. The van der Waals surface area contributed by atoms with Gasteiger partial charge in [-0.1, -0.05) is 24.3 Å². The van der Waals surface area contributed by atoms with Crippen LogP contribution in [-0.4, -0.2) is 28.4 Å². The van der Waals surface area contributed by atoms with Crippen LogP contribution in [-0.2, 0) is 19.7 Å². The Labute approximate surface area is 126 Å². The Bertz CT molecular complexity index is 606. The molecule has 0 aromatic heterocycles. The molecule has 1 unspecified atom stereocenters. The Hall–Kier alpha value is -1.33. The van der Waals surface area contributed by atoms with Crippen LogP contribution < -0.4 is 4.74 Å². The van der Waals surface area contributed by atoms with Crippen molar-refractivity contribution in [3.05, 3.63) is 42.0 Å². The van der Waals surface area contributed by atoms with Crippen molar-refractivity contribution in [3.63, 3.8) is 0 Å². The molecule has 0 bridgehead atoms. The van der Waals surface area contributed by atoms with Gasteiger partial charge in [0, 0.05) is 5.41 Å². The zero-order valence-corrected chi connectivity index (χ0v) is 13.4. The van der Waals surface area contributed by atoms with Gasteiger partial charge >= 0.3 is 0 Å². The van der Waals surface area contributed by atoms with Gasteiger partial charge < -0.3 is 4.74 Å². The van der Waals surface area contributed by atoms with Crippen LogP contribution in [0.1, 0.15) is 31.2 Å². The SMILES string of the molecule is COc1cccc(C2(CCOS(C)(=O)=O)C=CCCC2)c1. The van der Waals surface area contributed by atoms with E-state index in [9.17, 15) is 8.42 Å². The first kappa shape index (κ1) is 16.0. The van der Waals surface area contributed by atoms with E-state index in [0.29, 0.717) is 6.42 Å². The van der Waals surface area contributed by atoms with E-state index < -0.39 is 10.1 Å². The lowest BCUT2D eigenvalue weighted by molar-refractivity contribution is 0.272. The third kappa shape index (κ3) is 4.32. The molecule has 0 N–H and O–H groups in total. The van der Waals surface area contributed by atoms with Crippen molar-refractivity contribution in [2.75, 3.05) is 20.0 Å². The average Bonchev–Trinajstić information content (AvgIpc) is 2.47. The third-order valence-electron chi connectivity index (χ3n) is 3.92. The highest BCUT2D eigenvalue weighted by molar-refractivity contribution is 7.85. The highest BCUT2D eigenvalue weighted by atomic mass is 32.2. The van der Waals surface area contributed by atoms with E-state index in [0.717, 1.165) is 36.8 Å². The number of hydrogen-bond donors (Lipinski definition) is 0. The molecule has 0 spiro atoms. The van der Waals surface area contributed by atoms with E-state index >= 15 is 0 Å². The van der Waals surface area contributed by atoms with Crippen LogP contribution in [0.15, 0.2) is 36.4 Å². The van der Waals surface area contributed by atoms with Gasteiger partial charge in [0.25, 0.3) is 10.1 Å². The van der Waals surface area contributed by atoms with Crippen LogP contribution in [0.4, 0.5) is 0 Å². The summed E-state index contributed by atoms with van der Waals surface area (Å²) in [5.74, 6) is 0.815.